The van der Waals surface area contributed by atoms with Gasteiger partial charge in [-0.3, -0.25) is 9.59 Å². The first-order valence-electron chi connectivity index (χ1n) is 9.55. The van der Waals surface area contributed by atoms with Gasteiger partial charge in [0.2, 0.25) is 0 Å². The summed E-state index contributed by atoms with van der Waals surface area (Å²) >= 11 is 0. The molecule has 1 amide bonds. The number of hydrogen-bond acceptors (Lipinski definition) is 4. The Bertz CT molecular complexity index is 934. The Morgan fingerprint density at radius 3 is 2.28 bits per heavy atom. The Balaban J connectivity index is 2.07. The highest BCUT2D eigenvalue weighted by atomic mass is 19.1. The summed E-state index contributed by atoms with van der Waals surface area (Å²) < 4.78 is 13.3. The van der Waals surface area contributed by atoms with Gasteiger partial charge >= 0.3 is 0 Å². The summed E-state index contributed by atoms with van der Waals surface area (Å²) in [6.45, 7) is 3.11. The lowest BCUT2D eigenvalue weighted by molar-refractivity contribution is -0.139. The Hall–Kier alpha value is -2.99. The average Bonchev–Trinajstić information content (AvgIpc) is 2.93. The van der Waals surface area contributed by atoms with Gasteiger partial charge in [-0.05, 0) is 63.8 Å². The summed E-state index contributed by atoms with van der Waals surface area (Å²) in [5.74, 6) is -2.08. The maximum Gasteiger partial charge on any atom is 0.295 e. The molecule has 3 rings (SSSR count). The average molecular weight is 396 g/mol. The Labute approximate surface area is 170 Å². The van der Waals surface area contributed by atoms with Crippen LogP contribution in [0.1, 0.15) is 29.2 Å². The maximum absolute atomic E-state index is 13.3. The second kappa shape index (κ2) is 8.57. The number of halogens is 1. The molecule has 1 fully saturated rings. The predicted molar refractivity (Wildman–Crippen MR) is 110 cm³/mol. The van der Waals surface area contributed by atoms with E-state index in [1.807, 2.05) is 50.2 Å². The van der Waals surface area contributed by atoms with Gasteiger partial charge in [0.15, 0.2) is 0 Å². The molecule has 0 unspecified atom stereocenters. The van der Waals surface area contributed by atoms with Crippen molar-refractivity contribution in [2.24, 2.45) is 0 Å². The summed E-state index contributed by atoms with van der Waals surface area (Å²) in [4.78, 5) is 29.2. The second-order valence-corrected chi connectivity index (χ2v) is 7.57. The van der Waals surface area contributed by atoms with Crippen LogP contribution in [0.5, 0.6) is 0 Å². The van der Waals surface area contributed by atoms with Crippen molar-refractivity contribution in [2.45, 2.75) is 19.4 Å². The number of carbonyl (C=O) groups excluding carboxylic acids is 2. The molecule has 1 N–H and O–H groups in total. The highest BCUT2D eigenvalue weighted by Gasteiger charge is 2.45. The molecule has 0 aliphatic carbocycles. The van der Waals surface area contributed by atoms with E-state index in [2.05, 4.69) is 0 Å². The number of carbonyl (C=O) groups is 2. The number of aliphatic hydroxyl groups is 1. The van der Waals surface area contributed by atoms with Crippen LogP contribution >= 0.6 is 0 Å². The highest BCUT2D eigenvalue weighted by Crippen LogP contribution is 2.39. The molecule has 1 aliphatic heterocycles. The number of hydrogen-bond donors (Lipinski definition) is 1. The predicted octanol–water partition coefficient (Wildman–Crippen LogP) is 3.51. The van der Waals surface area contributed by atoms with Crippen LogP contribution in [0, 0.1) is 12.7 Å². The van der Waals surface area contributed by atoms with Gasteiger partial charge in [-0.15, -0.1) is 0 Å². The molecule has 0 bridgehead atoms. The number of amides is 1. The van der Waals surface area contributed by atoms with Crippen molar-refractivity contribution in [1.29, 1.82) is 0 Å². The van der Waals surface area contributed by atoms with Crippen molar-refractivity contribution in [3.63, 3.8) is 0 Å². The zero-order chi connectivity index (χ0) is 21.1. The molecule has 1 saturated heterocycles. The highest BCUT2D eigenvalue weighted by molar-refractivity contribution is 6.46. The monoisotopic (exact) mass is 396 g/mol. The molecular weight excluding hydrogens is 371 g/mol. The van der Waals surface area contributed by atoms with Gasteiger partial charge in [0, 0.05) is 12.1 Å². The molecule has 2 aromatic rings. The maximum atomic E-state index is 13.3. The summed E-state index contributed by atoms with van der Waals surface area (Å²) in [5.41, 5.74) is 2.14. The third-order valence-corrected chi connectivity index (χ3v) is 5.06. The number of rotatable bonds is 6. The van der Waals surface area contributed by atoms with Crippen LogP contribution in [0.15, 0.2) is 54.1 Å². The van der Waals surface area contributed by atoms with E-state index in [1.165, 1.54) is 29.2 Å². The largest absolute Gasteiger partial charge is 0.507 e. The molecule has 1 atom stereocenters. The molecule has 29 heavy (non-hydrogen) atoms. The minimum absolute atomic E-state index is 0.0373. The van der Waals surface area contributed by atoms with E-state index in [1.54, 1.807) is 0 Å². The number of nitrogens with zero attached hydrogens (tertiary/aromatic N) is 2. The minimum Gasteiger partial charge on any atom is -0.507 e. The van der Waals surface area contributed by atoms with E-state index in [-0.39, 0.29) is 11.3 Å². The van der Waals surface area contributed by atoms with Crippen molar-refractivity contribution in [2.75, 3.05) is 27.2 Å². The van der Waals surface area contributed by atoms with E-state index in [4.69, 9.17) is 0 Å². The molecule has 2 aromatic carbocycles. The number of aliphatic hydroxyl groups excluding tert-OH is 1. The van der Waals surface area contributed by atoms with Crippen molar-refractivity contribution < 1.29 is 19.1 Å². The van der Waals surface area contributed by atoms with Crippen LogP contribution in [0.3, 0.4) is 0 Å². The smallest absolute Gasteiger partial charge is 0.295 e. The standard InChI is InChI=1S/C23H25FN2O3/c1-15-5-7-16(8-6-15)20-19(21(27)17-9-11-18(24)12-10-17)22(28)23(29)26(20)14-4-13-25(2)3/h5-12,20,27H,4,13-14H2,1-3H3/b21-19+/t20-/m0/s1. The third-order valence-electron chi connectivity index (χ3n) is 5.06. The van der Waals surface area contributed by atoms with E-state index in [9.17, 15) is 19.1 Å². The zero-order valence-electron chi connectivity index (χ0n) is 16.9. The van der Waals surface area contributed by atoms with Gasteiger partial charge in [-0.2, -0.15) is 0 Å². The lowest BCUT2D eigenvalue weighted by Crippen LogP contribution is -2.32. The van der Waals surface area contributed by atoms with Gasteiger partial charge in [0.05, 0.1) is 11.6 Å². The summed E-state index contributed by atoms with van der Waals surface area (Å²) in [6.07, 6.45) is 0.693. The molecule has 152 valence electrons. The molecule has 1 heterocycles. The van der Waals surface area contributed by atoms with E-state index in [0.29, 0.717) is 18.5 Å². The van der Waals surface area contributed by atoms with E-state index in [0.717, 1.165) is 17.7 Å². The summed E-state index contributed by atoms with van der Waals surface area (Å²) in [5, 5.41) is 10.9. The summed E-state index contributed by atoms with van der Waals surface area (Å²) in [7, 11) is 3.89. The van der Waals surface area contributed by atoms with Crippen LogP contribution in [-0.4, -0.2) is 53.8 Å². The molecule has 5 nitrogen and oxygen atoms in total. The first-order valence-corrected chi connectivity index (χ1v) is 9.55. The number of ketones is 1. The Morgan fingerprint density at radius 1 is 1.07 bits per heavy atom. The first-order chi connectivity index (χ1) is 13.8. The fraction of sp³-hybridized carbons (Fsp3) is 0.304. The van der Waals surface area contributed by atoms with Gasteiger partial charge < -0.3 is 14.9 Å². The zero-order valence-corrected chi connectivity index (χ0v) is 16.9. The fourth-order valence-electron chi connectivity index (χ4n) is 3.53. The second-order valence-electron chi connectivity index (χ2n) is 7.57. The Morgan fingerprint density at radius 2 is 1.69 bits per heavy atom. The van der Waals surface area contributed by atoms with Crippen LogP contribution in [-0.2, 0) is 9.59 Å². The summed E-state index contributed by atoms with van der Waals surface area (Å²) in [6, 6.07) is 12.1. The minimum atomic E-state index is -0.720. The lowest BCUT2D eigenvalue weighted by atomic mass is 9.94. The number of likely N-dealkylation sites (tertiary alicyclic amines) is 1. The van der Waals surface area contributed by atoms with E-state index < -0.39 is 23.5 Å². The molecular formula is C23H25FN2O3. The molecule has 0 spiro atoms. The van der Waals surface area contributed by atoms with Crippen molar-refractivity contribution in [3.8, 4) is 0 Å². The van der Waals surface area contributed by atoms with Crippen LogP contribution < -0.4 is 0 Å². The topological polar surface area (TPSA) is 60.9 Å². The van der Waals surface area contributed by atoms with Gasteiger partial charge in [0.1, 0.15) is 11.6 Å². The Kier molecular flexibility index (Phi) is 6.13. The van der Waals surface area contributed by atoms with Crippen molar-refractivity contribution in [1.82, 2.24) is 9.80 Å². The molecule has 1 aliphatic rings. The lowest BCUT2D eigenvalue weighted by Gasteiger charge is -2.26. The molecule has 6 heteroatoms. The van der Waals surface area contributed by atoms with Gasteiger partial charge in [-0.1, -0.05) is 29.8 Å². The van der Waals surface area contributed by atoms with Gasteiger partial charge in [-0.25, -0.2) is 4.39 Å². The molecule has 0 radical (unpaired) electrons. The normalized spacial score (nSPS) is 18.7. The number of benzene rings is 2. The molecule has 0 saturated carbocycles. The molecule has 0 aromatic heterocycles. The quantitative estimate of drug-likeness (QED) is 0.461. The number of Topliss-reactive ketones (excluding diaryl/α,β-unsaturated/α-hetero) is 1. The van der Waals surface area contributed by atoms with Crippen LogP contribution in [0.4, 0.5) is 4.39 Å². The van der Waals surface area contributed by atoms with Crippen molar-refractivity contribution >= 4 is 17.4 Å². The third kappa shape index (κ3) is 4.38. The van der Waals surface area contributed by atoms with Crippen LogP contribution in [0.25, 0.3) is 5.76 Å². The fourth-order valence-corrected chi connectivity index (χ4v) is 3.53. The first kappa shape index (κ1) is 20.7. The van der Waals surface area contributed by atoms with E-state index >= 15 is 0 Å². The van der Waals surface area contributed by atoms with Gasteiger partial charge in [0.25, 0.3) is 11.7 Å². The SMILES string of the molecule is Cc1ccc([C@H]2/C(=C(\O)c3ccc(F)cc3)C(=O)C(=O)N2CCCN(C)C)cc1. The van der Waals surface area contributed by atoms with Crippen molar-refractivity contribution in [3.05, 3.63) is 76.6 Å². The number of aryl methyl sites for hydroxylation is 1. The van der Waals surface area contributed by atoms with Crippen LogP contribution in [0.2, 0.25) is 0 Å².